The number of rotatable bonds is 4. The molecule has 1 heterocycles. The van der Waals surface area contributed by atoms with Crippen LogP contribution in [0.1, 0.15) is 12.2 Å². The van der Waals surface area contributed by atoms with Gasteiger partial charge in [0.1, 0.15) is 17.7 Å². The van der Waals surface area contributed by atoms with Crippen LogP contribution in [0, 0.1) is 0 Å². The highest BCUT2D eigenvalue weighted by Crippen LogP contribution is 2.18. The Kier molecular flexibility index (Phi) is 2.93. The highest BCUT2D eigenvalue weighted by atomic mass is 16.5. The third-order valence-electron chi connectivity index (χ3n) is 2.14. The van der Waals surface area contributed by atoms with Crippen molar-refractivity contribution in [2.75, 3.05) is 0 Å². The van der Waals surface area contributed by atoms with Gasteiger partial charge in [-0.3, -0.25) is 0 Å². The smallest absolute Gasteiger partial charge is 0.137 e. The Bertz CT molecular complexity index is 434. The molecule has 0 saturated carbocycles. The van der Waals surface area contributed by atoms with Gasteiger partial charge >= 0.3 is 0 Å². The molecule has 0 atom stereocenters. The van der Waals surface area contributed by atoms with Crippen LogP contribution in [0.4, 0.5) is 0 Å². The molecule has 0 spiro atoms. The van der Waals surface area contributed by atoms with Crippen LogP contribution in [0.25, 0.3) is 11.3 Å². The molecule has 0 amide bonds. The molecule has 0 aliphatic carbocycles. The van der Waals surface area contributed by atoms with Gasteiger partial charge in [-0.2, -0.15) is 0 Å². The average Bonchev–Trinajstić information content (AvgIpc) is 2.76. The van der Waals surface area contributed by atoms with Gasteiger partial charge in [0.15, 0.2) is 0 Å². The molecule has 2 rings (SSSR count). The second kappa shape index (κ2) is 4.55. The highest BCUT2D eigenvalue weighted by Gasteiger charge is 2.05. The van der Waals surface area contributed by atoms with Crippen molar-refractivity contribution in [3.8, 4) is 11.3 Å². The van der Waals surface area contributed by atoms with Crippen LogP contribution in [-0.2, 0) is 11.2 Å². The van der Waals surface area contributed by atoms with E-state index in [-0.39, 0.29) is 0 Å². The van der Waals surface area contributed by atoms with Crippen LogP contribution in [0.5, 0.6) is 0 Å². The Balaban J connectivity index is 2.17. The number of hydrogen-bond donors (Lipinski definition) is 0. The third kappa shape index (κ3) is 2.31. The van der Waals surface area contributed by atoms with Crippen molar-refractivity contribution in [3.63, 3.8) is 0 Å². The Morgan fingerprint density at radius 1 is 1.27 bits per heavy atom. The molecule has 76 valence electrons. The van der Waals surface area contributed by atoms with Gasteiger partial charge in [0.25, 0.3) is 0 Å². The highest BCUT2D eigenvalue weighted by molar-refractivity contribution is 5.58. The quantitative estimate of drug-likeness (QED) is 0.713. The summed E-state index contributed by atoms with van der Waals surface area (Å²) in [6, 6.07) is 11.7. The van der Waals surface area contributed by atoms with E-state index in [1.54, 1.807) is 0 Å². The Morgan fingerprint density at radius 3 is 2.80 bits per heavy atom. The molecule has 0 radical (unpaired) electrons. The monoisotopic (exact) mass is 201 g/mol. The zero-order chi connectivity index (χ0) is 10.5. The van der Waals surface area contributed by atoms with Gasteiger partial charge in [0, 0.05) is 24.5 Å². The van der Waals surface area contributed by atoms with Crippen molar-refractivity contribution in [3.05, 3.63) is 42.2 Å². The van der Waals surface area contributed by atoms with Crippen molar-refractivity contribution in [2.45, 2.75) is 12.8 Å². The number of aromatic nitrogens is 1. The Hall–Kier alpha value is -1.90. The lowest BCUT2D eigenvalue weighted by atomic mass is 10.1. The maximum atomic E-state index is 10.2. The van der Waals surface area contributed by atoms with E-state index in [2.05, 4.69) is 5.16 Å². The zero-order valence-electron chi connectivity index (χ0n) is 8.22. The summed E-state index contributed by atoms with van der Waals surface area (Å²) in [5.74, 6) is 0.751. The molecule has 0 bridgehead atoms. The molecular formula is C12H11NO2. The van der Waals surface area contributed by atoms with Gasteiger partial charge < -0.3 is 9.32 Å². The van der Waals surface area contributed by atoms with Crippen molar-refractivity contribution in [1.82, 2.24) is 5.16 Å². The number of carbonyl (C=O) groups excluding carboxylic acids is 1. The maximum Gasteiger partial charge on any atom is 0.137 e. The summed E-state index contributed by atoms with van der Waals surface area (Å²) in [6.07, 6.45) is 1.97. The number of aldehydes is 1. The molecule has 0 unspecified atom stereocenters. The zero-order valence-corrected chi connectivity index (χ0v) is 8.22. The van der Waals surface area contributed by atoms with E-state index < -0.39 is 0 Å². The summed E-state index contributed by atoms with van der Waals surface area (Å²) in [6.45, 7) is 0. The number of benzene rings is 1. The number of hydrogen-bond acceptors (Lipinski definition) is 3. The molecular weight excluding hydrogens is 190 g/mol. The molecule has 2 aromatic rings. The van der Waals surface area contributed by atoms with Crippen molar-refractivity contribution in [1.29, 1.82) is 0 Å². The fraction of sp³-hybridized carbons (Fsp3) is 0.167. The Labute approximate surface area is 87.7 Å². The summed E-state index contributed by atoms with van der Waals surface area (Å²) >= 11 is 0. The SMILES string of the molecule is O=CCCc1cc(-c2ccccc2)no1. The average molecular weight is 201 g/mol. The van der Waals surface area contributed by atoms with Crippen LogP contribution in [0.3, 0.4) is 0 Å². The normalized spacial score (nSPS) is 10.1. The molecule has 0 aliphatic rings. The summed E-state index contributed by atoms with van der Waals surface area (Å²) in [5, 5.41) is 3.95. The topological polar surface area (TPSA) is 43.1 Å². The van der Waals surface area contributed by atoms with E-state index in [1.165, 1.54) is 0 Å². The van der Waals surface area contributed by atoms with E-state index in [0.29, 0.717) is 12.8 Å². The minimum Gasteiger partial charge on any atom is -0.361 e. The summed E-state index contributed by atoms with van der Waals surface area (Å²) in [7, 11) is 0. The van der Waals surface area contributed by atoms with Gasteiger partial charge in [-0.1, -0.05) is 35.5 Å². The second-order valence-corrected chi connectivity index (χ2v) is 3.25. The van der Waals surface area contributed by atoms with Gasteiger partial charge in [-0.15, -0.1) is 0 Å². The van der Waals surface area contributed by atoms with Crippen molar-refractivity contribution < 1.29 is 9.32 Å². The number of carbonyl (C=O) groups is 1. The van der Waals surface area contributed by atoms with Gasteiger partial charge in [0.2, 0.25) is 0 Å². The predicted octanol–water partition coefficient (Wildman–Crippen LogP) is 2.47. The molecule has 1 aromatic heterocycles. The largest absolute Gasteiger partial charge is 0.361 e. The standard InChI is InChI=1S/C12H11NO2/c14-8-4-7-11-9-12(13-15-11)10-5-2-1-3-6-10/h1-3,5-6,8-9H,4,7H2. The molecule has 0 N–H and O–H groups in total. The molecule has 1 aromatic carbocycles. The molecule has 0 saturated heterocycles. The summed E-state index contributed by atoms with van der Waals surface area (Å²) < 4.78 is 5.11. The lowest BCUT2D eigenvalue weighted by molar-refractivity contribution is -0.107. The minimum absolute atomic E-state index is 0.476. The lowest BCUT2D eigenvalue weighted by Crippen LogP contribution is -1.81. The first-order valence-corrected chi connectivity index (χ1v) is 4.85. The van der Waals surface area contributed by atoms with Crippen LogP contribution in [0.2, 0.25) is 0 Å². The molecule has 3 heteroatoms. The molecule has 3 nitrogen and oxygen atoms in total. The van der Waals surface area contributed by atoms with Gasteiger partial charge in [0.05, 0.1) is 0 Å². The molecule has 15 heavy (non-hydrogen) atoms. The third-order valence-corrected chi connectivity index (χ3v) is 2.14. The van der Waals surface area contributed by atoms with E-state index in [0.717, 1.165) is 23.3 Å². The first-order chi connectivity index (χ1) is 7.40. The molecule has 0 aliphatic heterocycles. The van der Waals surface area contributed by atoms with E-state index in [9.17, 15) is 4.79 Å². The number of aryl methyl sites for hydroxylation is 1. The van der Waals surface area contributed by atoms with Crippen molar-refractivity contribution >= 4 is 6.29 Å². The van der Waals surface area contributed by atoms with E-state index in [1.807, 2.05) is 36.4 Å². The molecule has 0 fully saturated rings. The lowest BCUT2D eigenvalue weighted by Gasteiger charge is -1.91. The van der Waals surface area contributed by atoms with Crippen LogP contribution >= 0.6 is 0 Å². The van der Waals surface area contributed by atoms with Crippen LogP contribution in [0.15, 0.2) is 40.9 Å². The Morgan fingerprint density at radius 2 is 2.07 bits per heavy atom. The first-order valence-electron chi connectivity index (χ1n) is 4.85. The number of nitrogens with zero attached hydrogens (tertiary/aromatic N) is 1. The van der Waals surface area contributed by atoms with Crippen LogP contribution in [-0.4, -0.2) is 11.4 Å². The van der Waals surface area contributed by atoms with Gasteiger partial charge in [-0.05, 0) is 0 Å². The minimum atomic E-state index is 0.476. The van der Waals surface area contributed by atoms with E-state index in [4.69, 9.17) is 4.52 Å². The van der Waals surface area contributed by atoms with Gasteiger partial charge in [-0.25, -0.2) is 0 Å². The maximum absolute atomic E-state index is 10.2. The predicted molar refractivity (Wildman–Crippen MR) is 56.3 cm³/mol. The fourth-order valence-electron chi connectivity index (χ4n) is 1.38. The fourth-order valence-corrected chi connectivity index (χ4v) is 1.38. The summed E-state index contributed by atoms with van der Waals surface area (Å²) in [5.41, 5.74) is 1.84. The van der Waals surface area contributed by atoms with E-state index >= 15 is 0 Å². The van der Waals surface area contributed by atoms with Crippen molar-refractivity contribution in [2.24, 2.45) is 0 Å². The first kappa shape index (κ1) is 9.65. The second-order valence-electron chi connectivity index (χ2n) is 3.25. The summed E-state index contributed by atoms with van der Waals surface area (Å²) in [4.78, 5) is 10.2. The van der Waals surface area contributed by atoms with Crippen LogP contribution < -0.4 is 0 Å².